The lowest BCUT2D eigenvalue weighted by atomic mass is 9.69. The third-order valence-electron chi connectivity index (χ3n) is 3.77. The van der Waals surface area contributed by atoms with Gasteiger partial charge in [0.25, 0.3) is 0 Å². The number of hydrogen-bond donors (Lipinski definition) is 1. The highest BCUT2D eigenvalue weighted by Gasteiger charge is 2.34. The highest BCUT2D eigenvalue weighted by Crippen LogP contribution is 2.39. The molecule has 15 heavy (non-hydrogen) atoms. The fourth-order valence-corrected chi connectivity index (χ4v) is 2.72. The summed E-state index contributed by atoms with van der Waals surface area (Å²) in [5.74, 6) is 6.27. The van der Waals surface area contributed by atoms with E-state index in [1.807, 2.05) is 6.92 Å². The Hall–Kier alpha value is -0.480. The largest absolute Gasteiger partial charge is 0.313 e. The molecular weight excluding hydrogens is 182 g/mol. The van der Waals surface area contributed by atoms with Crippen LogP contribution in [0.5, 0.6) is 0 Å². The first kappa shape index (κ1) is 12.6. The Morgan fingerprint density at radius 3 is 2.47 bits per heavy atom. The fraction of sp³-hybridized carbons (Fsp3) is 0.857. The first-order chi connectivity index (χ1) is 7.23. The van der Waals surface area contributed by atoms with E-state index in [4.69, 9.17) is 0 Å². The van der Waals surface area contributed by atoms with Gasteiger partial charge < -0.3 is 5.32 Å². The molecule has 1 heteroatoms. The molecule has 1 aliphatic rings. The lowest BCUT2D eigenvalue weighted by Crippen LogP contribution is -2.44. The topological polar surface area (TPSA) is 12.0 Å². The zero-order valence-corrected chi connectivity index (χ0v) is 10.5. The molecule has 1 saturated carbocycles. The zero-order valence-electron chi connectivity index (χ0n) is 10.5. The van der Waals surface area contributed by atoms with Crippen LogP contribution in [0, 0.1) is 17.3 Å². The molecule has 0 aromatic carbocycles. The molecule has 1 N–H and O–H groups in total. The van der Waals surface area contributed by atoms with Crippen molar-refractivity contribution in [2.24, 2.45) is 5.41 Å². The van der Waals surface area contributed by atoms with Crippen molar-refractivity contribution < 1.29 is 0 Å². The van der Waals surface area contributed by atoms with Gasteiger partial charge in [0.1, 0.15) is 0 Å². The predicted molar refractivity (Wildman–Crippen MR) is 66.7 cm³/mol. The van der Waals surface area contributed by atoms with Gasteiger partial charge in [-0.15, -0.1) is 11.8 Å². The van der Waals surface area contributed by atoms with E-state index in [1.165, 1.54) is 32.1 Å². The predicted octanol–water partition coefficient (Wildman–Crippen LogP) is 3.35. The minimum absolute atomic E-state index is 0.484. The molecule has 0 bridgehead atoms. The van der Waals surface area contributed by atoms with E-state index in [1.54, 1.807) is 0 Å². The van der Waals surface area contributed by atoms with Crippen LogP contribution < -0.4 is 5.32 Å². The van der Waals surface area contributed by atoms with Crippen LogP contribution in [0.4, 0.5) is 0 Å². The third kappa shape index (κ3) is 3.54. The number of hydrogen-bond acceptors (Lipinski definition) is 1. The second kappa shape index (κ2) is 6.18. The first-order valence-corrected chi connectivity index (χ1v) is 6.36. The van der Waals surface area contributed by atoms with Gasteiger partial charge in [0.2, 0.25) is 0 Å². The van der Waals surface area contributed by atoms with Crippen molar-refractivity contribution in [2.75, 3.05) is 6.54 Å². The standard InChI is InChI=1S/C14H25N/c1-4-6-10-13(15-5-2)14(3)11-8-7-9-12-14/h13,15H,5,7-12H2,1-3H3. The van der Waals surface area contributed by atoms with Gasteiger partial charge in [0.15, 0.2) is 0 Å². The quantitative estimate of drug-likeness (QED) is 0.697. The molecule has 1 unspecified atom stereocenters. The molecule has 0 aromatic rings. The molecule has 0 heterocycles. The van der Waals surface area contributed by atoms with Crippen LogP contribution in [0.25, 0.3) is 0 Å². The monoisotopic (exact) mass is 207 g/mol. The van der Waals surface area contributed by atoms with E-state index in [0.717, 1.165) is 13.0 Å². The molecule has 0 aromatic heterocycles. The van der Waals surface area contributed by atoms with Crippen LogP contribution in [0.1, 0.15) is 59.3 Å². The average Bonchev–Trinajstić information content (AvgIpc) is 2.25. The van der Waals surface area contributed by atoms with Crippen LogP contribution in [0.3, 0.4) is 0 Å². The summed E-state index contributed by atoms with van der Waals surface area (Å²) in [5, 5.41) is 3.63. The summed E-state index contributed by atoms with van der Waals surface area (Å²) in [6.45, 7) is 7.63. The molecule has 0 spiro atoms. The summed E-state index contributed by atoms with van der Waals surface area (Å²) in [4.78, 5) is 0. The summed E-state index contributed by atoms with van der Waals surface area (Å²) in [7, 11) is 0. The second-order valence-corrected chi connectivity index (χ2v) is 4.96. The summed E-state index contributed by atoms with van der Waals surface area (Å²) in [6, 6.07) is 0.593. The van der Waals surface area contributed by atoms with Crippen LogP contribution in [-0.2, 0) is 0 Å². The summed E-state index contributed by atoms with van der Waals surface area (Å²) < 4.78 is 0. The van der Waals surface area contributed by atoms with E-state index in [2.05, 4.69) is 31.0 Å². The molecule has 1 fully saturated rings. The molecule has 0 aliphatic heterocycles. The maximum atomic E-state index is 3.63. The Kier molecular flexibility index (Phi) is 5.19. The highest BCUT2D eigenvalue weighted by molar-refractivity contribution is 5.02. The normalized spacial score (nSPS) is 21.5. The van der Waals surface area contributed by atoms with Gasteiger partial charge in [-0.05, 0) is 31.7 Å². The second-order valence-electron chi connectivity index (χ2n) is 4.96. The zero-order chi connectivity index (χ0) is 11.1. The maximum absolute atomic E-state index is 3.63. The molecule has 0 saturated heterocycles. The first-order valence-electron chi connectivity index (χ1n) is 6.36. The lowest BCUT2D eigenvalue weighted by molar-refractivity contribution is 0.148. The van der Waals surface area contributed by atoms with Gasteiger partial charge in [-0.2, -0.15) is 0 Å². The Balaban J connectivity index is 2.61. The van der Waals surface area contributed by atoms with E-state index >= 15 is 0 Å². The third-order valence-corrected chi connectivity index (χ3v) is 3.77. The average molecular weight is 207 g/mol. The maximum Gasteiger partial charge on any atom is 0.0248 e. The summed E-state index contributed by atoms with van der Waals surface area (Å²) >= 11 is 0. The Bertz CT molecular complexity index is 227. The van der Waals surface area contributed by atoms with Crippen molar-refractivity contribution in [1.29, 1.82) is 0 Å². The van der Waals surface area contributed by atoms with Crippen molar-refractivity contribution in [2.45, 2.75) is 65.3 Å². The Morgan fingerprint density at radius 1 is 1.27 bits per heavy atom. The molecule has 86 valence electrons. The summed E-state index contributed by atoms with van der Waals surface area (Å²) in [6.07, 6.45) is 7.98. The molecular formula is C14H25N. The van der Waals surface area contributed by atoms with Crippen molar-refractivity contribution in [3.05, 3.63) is 0 Å². The molecule has 1 aliphatic carbocycles. The minimum Gasteiger partial charge on any atom is -0.313 e. The minimum atomic E-state index is 0.484. The SMILES string of the molecule is CC#CCC(NCC)C1(C)CCCCC1. The van der Waals surface area contributed by atoms with Gasteiger partial charge in [-0.3, -0.25) is 0 Å². The Labute approximate surface area is 95.0 Å². The van der Waals surface area contributed by atoms with Crippen molar-refractivity contribution >= 4 is 0 Å². The van der Waals surface area contributed by atoms with E-state index in [9.17, 15) is 0 Å². The molecule has 0 radical (unpaired) electrons. The van der Waals surface area contributed by atoms with E-state index in [0.29, 0.717) is 11.5 Å². The fourth-order valence-electron chi connectivity index (χ4n) is 2.72. The molecule has 1 rings (SSSR count). The van der Waals surface area contributed by atoms with Crippen molar-refractivity contribution in [3.63, 3.8) is 0 Å². The lowest BCUT2D eigenvalue weighted by Gasteiger charge is -2.40. The van der Waals surface area contributed by atoms with Gasteiger partial charge >= 0.3 is 0 Å². The van der Waals surface area contributed by atoms with Crippen LogP contribution in [0.15, 0.2) is 0 Å². The van der Waals surface area contributed by atoms with Crippen molar-refractivity contribution in [3.8, 4) is 11.8 Å². The van der Waals surface area contributed by atoms with Crippen molar-refractivity contribution in [1.82, 2.24) is 5.32 Å². The van der Waals surface area contributed by atoms with Crippen LogP contribution in [-0.4, -0.2) is 12.6 Å². The highest BCUT2D eigenvalue weighted by atomic mass is 14.9. The number of rotatable bonds is 4. The molecule has 1 atom stereocenters. The van der Waals surface area contributed by atoms with Gasteiger partial charge in [-0.1, -0.05) is 33.1 Å². The van der Waals surface area contributed by atoms with E-state index in [-0.39, 0.29) is 0 Å². The smallest absolute Gasteiger partial charge is 0.0248 e. The van der Waals surface area contributed by atoms with Crippen LogP contribution in [0.2, 0.25) is 0 Å². The molecule has 0 amide bonds. The Morgan fingerprint density at radius 2 is 1.93 bits per heavy atom. The number of nitrogens with one attached hydrogen (secondary N) is 1. The van der Waals surface area contributed by atoms with E-state index < -0.39 is 0 Å². The van der Waals surface area contributed by atoms with Crippen LogP contribution >= 0.6 is 0 Å². The van der Waals surface area contributed by atoms with Gasteiger partial charge in [0.05, 0.1) is 0 Å². The molecule has 1 nitrogen and oxygen atoms in total. The van der Waals surface area contributed by atoms with Gasteiger partial charge in [-0.25, -0.2) is 0 Å². The summed E-state index contributed by atoms with van der Waals surface area (Å²) in [5.41, 5.74) is 0.484. The van der Waals surface area contributed by atoms with Gasteiger partial charge in [0, 0.05) is 12.5 Å².